The number of rotatable bonds is 11. The van der Waals surface area contributed by atoms with Crippen molar-refractivity contribution >= 4 is 0 Å². The molecule has 1 aromatic carbocycles. The summed E-state index contributed by atoms with van der Waals surface area (Å²) in [6.07, 6.45) is 7.56. The van der Waals surface area contributed by atoms with Crippen LogP contribution in [-0.2, 0) is 0 Å². The summed E-state index contributed by atoms with van der Waals surface area (Å²) in [5.74, 6) is 0.539. The molecule has 0 aliphatic rings. The molecule has 0 aliphatic carbocycles. The van der Waals surface area contributed by atoms with E-state index in [1.807, 2.05) is 13.8 Å². The fourth-order valence-electron chi connectivity index (χ4n) is 6.32. The van der Waals surface area contributed by atoms with Gasteiger partial charge in [0.2, 0.25) is 0 Å². The largest absolute Gasteiger partial charge is 0.0683 e. The van der Waals surface area contributed by atoms with Crippen LogP contribution in [0.25, 0.3) is 0 Å². The highest BCUT2D eigenvalue weighted by Crippen LogP contribution is 2.61. The van der Waals surface area contributed by atoms with Crippen molar-refractivity contribution in [1.82, 2.24) is 0 Å². The van der Waals surface area contributed by atoms with Gasteiger partial charge in [-0.2, -0.15) is 0 Å². The Kier molecular flexibility index (Phi) is 15.4. The molecule has 0 aromatic heterocycles. The van der Waals surface area contributed by atoms with Crippen LogP contribution in [-0.4, -0.2) is 0 Å². The highest BCUT2D eigenvalue weighted by Gasteiger charge is 2.51. The average Bonchev–Trinajstić information content (AvgIpc) is 2.74. The molecule has 0 saturated carbocycles. The molecule has 0 spiro atoms. The second-order valence-corrected chi connectivity index (χ2v) is 14.1. The minimum absolute atomic E-state index is 0.205. The van der Waals surface area contributed by atoms with Crippen LogP contribution in [0.15, 0.2) is 24.3 Å². The van der Waals surface area contributed by atoms with Gasteiger partial charge in [0, 0.05) is 0 Å². The van der Waals surface area contributed by atoms with Gasteiger partial charge < -0.3 is 0 Å². The molecule has 1 atom stereocenters. The first-order valence-corrected chi connectivity index (χ1v) is 14.9. The van der Waals surface area contributed by atoms with E-state index >= 15 is 0 Å². The van der Waals surface area contributed by atoms with Crippen LogP contribution in [0.5, 0.6) is 0 Å². The fraction of sp³-hybridized carbons (Fsp3) is 0.829. The Morgan fingerprint density at radius 2 is 1.09 bits per heavy atom. The summed E-state index contributed by atoms with van der Waals surface area (Å²) in [6.45, 7) is 40.2. The van der Waals surface area contributed by atoms with Crippen molar-refractivity contribution in [3.8, 4) is 0 Å². The number of hydrogen-bond acceptors (Lipinski definition) is 0. The van der Waals surface area contributed by atoms with Gasteiger partial charge in [0.15, 0.2) is 0 Å². The monoisotopic (exact) mass is 489 g/mol. The number of unbranched alkanes of at least 4 members (excludes halogenated alkanes) is 1. The van der Waals surface area contributed by atoms with Gasteiger partial charge in [-0.15, -0.1) is 0 Å². The first-order valence-electron chi connectivity index (χ1n) is 14.9. The van der Waals surface area contributed by atoms with Gasteiger partial charge >= 0.3 is 0 Å². The van der Waals surface area contributed by atoms with E-state index in [1.54, 1.807) is 0 Å². The third-order valence-electron chi connectivity index (χ3n) is 9.31. The topological polar surface area (TPSA) is 0 Å². The molecule has 1 unspecified atom stereocenters. The van der Waals surface area contributed by atoms with E-state index in [1.165, 1.54) is 49.7 Å². The molecule has 0 amide bonds. The van der Waals surface area contributed by atoms with Crippen molar-refractivity contribution in [3.63, 3.8) is 0 Å². The summed E-state index contributed by atoms with van der Waals surface area (Å²) in [5.41, 5.74) is 4.15. The van der Waals surface area contributed by atoms with Gasteiger partial charge in [-0.25, -0.2) is 0 Å². The van der Waals surface area contributed by atoms with Crippen molar-refractivity contribution in [1.29, 1.82) is 0 Å². The Balaban J connectivity index is 0. The number of aryl methyl sites for hydroxylation is 1. The van der Waals surface area contributed by atoms with Gasteiger partial charge in [0.05, 0.1) is 0 Å². The zero-order valence-electron chi connectivity index (χ0n) is 27.6. The normalized spacial score (nSPS) is 13.9. The summed E-state index contributed by atoms with van der Waals surface area (Å²) in [6, 6.07) is 9.43. The molecule has 0 heterocycles. The van der Waals surface area contributed by atoms with E-state index < -0.39 is 0 Å². The van der Waals surface area contributed by atoms with Crippen molar-refractivity contribution in [2.45, 2.75) is 162 Å². The van der Waals surface area contributed by atoms with Crippen molar-refractivity contribution in [2.75, 3.05) is 0 Å². The Labute approximate surface area is 224 Å². The van der Waals surface area contributed by atoms with Crippen LogP contribution in [0.2, 0.25) is 0 Å². The zero-order valence-corrected chi connectivity index (χ0v) is 27.6. The van der Waals surface area contributed by atoms with Crippen LogP contribution in [0.3, 0.4) is 0 Å². The maximum Gasteiger partial charge on any atom is -0.00591 e. The minimum Gasteiger partial charge on any atom is -0.0683 e. The van der Waals surface area contributed by atoms with Crippen LogP contribution < -0.4 is 0 Å². The van der Waals surface area contributed by atoms with Crippen LogP contribution >= 0.6 is 0 Å². The maximum atomic E-state index is 2.54. The third kappa shape index (κ3) is 9.89. The van der Waals surface area contributed by atoms with E-state index in [9.17, 15) is 0 Å². The van der Waals surface area contributed by atoms with Crippen molar-refractivity contribution in [2.24, 2.45) is 27.1 Å². The SMILES string of the molecule is CC.CCC.CCCCC(C)(C)C(c1ccc(C)cc1)C(C)(C)CC(C)(C)C(C)(C)C(C)(C)CC. The second-order valence-electron chi connectivity index (χ2n) is 14.1. The quantitative estimate of drug-likeness (QED) is 0.290. The van der Waals surface area contributed by atoms with E-state index in [0.717, 1.165) is 0 Å². The lowest BCUT2D eigenvalue weighted by molar-refractivity contribution is -0.0586. The Hall–Kier alpha value is -0.780. The van der Waals surface area contributed by atoms with Gasteiger partial charge in [0.25, 0.3) is 0 Å². The third-order valence-corrected chi connectivity index (χ3v) is 9.31. The van der Waals surface area contributed by atoms with Gasteiger partial charge in [-0.1, -0.05) is 166 Å². The molecule has 1 aromatic rings. The highest BCUT2D eigenvalue weighted by molar-refractivity contribution is 5.28. The second kappa shape index (κ2) is 14.8. The Bertz CT molecular complexity index is 666. The molecule has 1 rings (SSSR count). The number of benzene rings is 1. The predicted octanol–water partition coefficient (Wildman–Crippen LogP) is 12.6. The van der Waals surface area contributed by atoms with Crippen LogP contribution in [0, 0.1) is 34.0 Å². The molecule has 0 fully saturated rings. The van der Waals surface area contributed by atoms with E-state index in [4.69, 9.17) is 0 Å². The molecule has 35 heavy (non-hydrogen) atoms. The summed E-state index contributed by atoms with van der Waals surface area (Å²) in [5, 5.41) is 0. The lowest BCUT2D eigenvalue weighted by atomic mass is 9.48. The molecule has 0 N–H and O–H groups in total. The van der Waals surface area contributed by atoms with Crippen LogP contribution in [0.4, 0.5) is 0 Å². The molecule has 0 bridgehead atoms. The van der Waals surface area contributed by atoms with E-state index in [-0.39, 0.29) is 21.7 Å². The molecule has 0 saturated heterocycles. The molecule has 0 heteroatoms. The Morgan fingerprint density at radius 3 is 1.46 bits per heavy atom. The molecule has 0 aliphatic heterocycles. The summed E-state index contributed by atoms with van der Waals surface area (Å²) in [4.78, 5) is 0. The molecule has 0 nitrogen and oxygen atoms in total. The molecular weight excluding hydrogens is 420 g/mol. The summed E-state index contributed by atoms with van der Waals surface area (Å²) < 4.78 is 0. The smallest absolute Gasteiger partial charge is 0.00591 e. The van der Waals surface area contributed by atoms with Gasteiger partial charge in [0.1, 0.15) is 0 Å². The van der Waals surface area contributed by atoms with E-state index in [2.05, 4.69) is 128 Å². The first kappa shape index (κ1) is 36.4. The molecule has 208 valence electrons. The van der Waals surface area contributed by atoms with Gasteiger partial charge in [-0.3, -0.25) is 0 Å². The summed E-state index contributed by atoms with van der Waals surface area (Å²) >= 11 is 0. The van der Waals surface area contributed by atoms with Gasteiger partial charge in [-0.05, 0) is 58.3 Å². The van der Waals surface area contributed by atoms with Crippen molar-refractivity contribution in [3.05, 3.63) is 35.4 Å². The molecular formula is C35H68. The highest BCUT2D eigenvalue weighted by atomic mass is 14.6. The van der Waals surface area contributed by atoms with Crippen LogP contribution in [0.1, 0.15) is 166 Å². The summed E-state index contributed by atoms with van der Waals surface area (Å²) in [7, 11) is 0. The maximum absolute atomic E-state index is 2.54. The Morgan fingerprint density at radius 1 is 0.657 bits per heavy atom. The van der Waals surface area contributed by atoms with Crippen molar-refractivity contribution < 1.29 is 0 Å². The minimum atomic E-state index is 0.205. The molecule has 0 radical (unpaired) electrons. The first-order chi connectivity index (χ1) is 15.9. The lowest BCUT2D eigenvalue weighted by Gasteiger charge is -2.56. The fourth-order valence-corrected chi connectivity index (χ4v) is 6.32. The average molecular weight is 489 g/mol. The zero-order chi connectivity index (χ0) is 28.3. The predicted molar refractivity (Wildman–Crippen MR) is 165 cm³/mol. The lowest BCUT2D eigenvalue weighted by Crippen LogP contribution is -2.48. The standard InChI is InChI=1S/C30H54.C3H8.C2H6/c1-14-16-21-26(4,5)25(24-19-17-23(3)18-20-24)27(6,7)22-29(10,11)30(12,13)28(8,9)15-2;1-3-2;1-2/h17-20,25H,14-16,21-22H2,1-13H3;3H2,1-2H3;1-2H3. The van der Waals surface area contributed by atoms with E-state index in [0.29, 0.717) is 11.3 Å². The number of hydrogen-bond donors (Lipinski definition) is 0.